The molecule has 6 nitrogen and oxygen atoms in total. The molecule has 2 atom stereocenters. The minimum atomic E-state index is -4.14. The number of amides is 1. The molecule has 160 valence electrons. The van der Waals surface area contributed by atoms with Crippen LogP contribution in [-0.2, 0) is 31.4 Å². The average molecular weight is 434 g/mol. The fraction of sp³-hybridized carbons (Fsp3) is 0.409. The average Bonchev–Trinajstić information content (AvgIpc) is 2.70. The van der Waals surface area contributed by atoms with E-state index in [0.717, 1.165) is 11.6 Å². The van der Waals surface area contributed by atoms with Gasteiger partial charge >= 0.3 is 0 Å². The quantitative estimate of drug-likeness (QED) is 0.805. The molecular formula is C22H24FNO5S. The van der Waals surface area contributed by atoms with E-state index in [-0.39, 0.29) is 40.2 Å². The smallest absolute Gasteiger partial charge is 0.227 e. The molecule has 2 heterocycles. The Bertz CT molecular complexity index is 1120. The second kappa shape index (κ2) is 7.44. The lowest BCUT2D eigenvalue weighted by Gasteiger charge is -2.36. The molecule has 0 saturated carbocycles. The van der Waals surface area contributed by atoms with Crippen LogP contribution in [0.5, 0.6) is 0 Å². The molecule has 0 spiro atoms. The molecule has 1 fully saturated rings. The summed E-state index contributed by atoms with van der Waals surface area (Å²) in [6.45, 7) is 2.11. The fourth-order valence-corrected chi connectivity index (χ4v) is 5.93. The molecule has 1 amide bonds. The first-order valence-corrected chi connectivity index (χ1v) is 11.4. The SMILES string of the molecule is C[C@H]1C[C@@](O)(c2cc(F)cc(S(=O)(=O)c3cccc4c3N(C)C(=O)CC4)c2)CCO1. The van der Waals surface area contributed by atoms with Gasteiger partial charge in [-0.2, -0.15) is 0 Å². The summed E-state index contributed by atoms with van der Waals surface area (Å²) in [5.74, 6) is -0.913. The highest BCUT2D eigenvalue weighted by Crippen LogP contribution is 2.39. The molecule has 0 aliphatic carbocycles. The van der Waals surface area contributed by atoms with E-state index < -0.39 is 21.3 Å². The number of ether oxygens (including phenoxy) is 1. The number of anilines is 1. The van der Waals surface area contributed by atoms with Crippen molar-refractivity contribution in [2.75, 3.05) is 18.6 Å². The maximum atomic E-state index is 14.5. The molecule has 1 saturated heterocycles. The Morgan fingerprint density at radius 3 is 2.73 bits per heavy atom. The number of aryl methyl sites for hydroxylation is 1. The van der Waals surface area contributed by atoms with Gasteiger partial charge in [-0.3, -0.25) is 4.79 Å². The van der Waals surface area contributed by atoms with Gasteiger partial charge in [-0.1, -0.05) is 12.1 Å². The van der Waals surface area contributed by atoms with Crippen LogP contribution in [0.4, 0.5) is 10.1 Å². The number of carbonyl (C=O) groups is 1. The third-order valence-corrected chi connectivity index (χ3v) is 7.72. The number of nitrogens with zero attached hydrogens (tertiary/aromatic N) is 1. The zero-order valence-corrected chi connectivity index (χ0v) is 17.7. The van der Waals surface area contributed by atoms with E-state index in [0.29, 0.717) is 25.1 Å². The van der Waals surface area contributed by atoms with Gasteiger partial charge in [0.05, 0.1) is 33.8 Å². The van der Waals surface area contributed by atoms with Gasteiger partial charge in [0.2, 0.25) is 15.7 Å². The van der Waals surface area contributed by atoms with Crippen molar-refractivity contribution in [3.05, 3.63) is 53.3 Å². The first kappa shape index (κ1) is 21.0. The molecular weight excluding hydrogens is 409 g/mol. The minimum Gasteiger partial charge on any atom is -0.385 e. The van der Waals surface area contributed by atoms with Crippen molar-refractivity contribution in [2.24, 2.45) is 0 Å². The lowest BCUT2D eigenvalue weighted by atomic mass is 9.84. The summed E-state index contributed by atoms with van der Waals surface area (Å²) >= 11 is 0. The number of aliphatic hydroxyl groups is 1. The van der Waals surface area contributed by atoms with E-state index in [1.165, 1.54) is 23.1 Å². The molecule has 4 rings (SSSR count). The Morgan fingerprint density at radius 1 is 1.23 bits per heavy atom. The number of sulfone groups is 1. The largest absolute Gasteiger partial charge is 0.385 e. The first-order valence-electron chi connectivity index (χ1n) is 9.90. The van der Waals surface area contributed by atoms with Crippen molar-refractivity contribution < 1.29 is 27.4 Å². The molecule has 0 unspecified atom stereocenters. The van der Waals surface area contributed by atoms with E-state index in [1.807, 2.05) is 6.92 Å². The molecule has 30 heavy (non-hydrogen) atoms. The second-order valence-electron chi connectivity index (χ2n) is 8.06. The Morgan fingerprint density at radius 2 is 2.00 bits per heavy atom. The summed E-state index contributed by atoms with van der Waals surface area (Å²) in [5.41, 5.74) is -0.0671. The topological polar surface area (TPSA) is 83.9 Å². The van der Waals surface area contributed by atoms with Crippen LogP contribution >= 0.6 is 0 Å². The van der Waals surface area contributed by atoms with Crippen molar-refractivity contribution in [1.82, 2.24) is 0 Å². The molecule has 2 aliphatic heterocycles. The Hall–Kier alpha value is -2.29. The maximum absolute atomic E-state index is 14.5. The Labute approximate surface area is 175 Å². The third kappa shape index (κ3) is 3.53. The van der Waals surface area contributed by atoms with Crippen LogP contribution in [0.25, 0.3) is 0 Å². The number of carbonyl (C=O) groups excluding carboxylic acids is 1. The molecule has 0 radical (unpaired) electrons. The van der Waals surface area contributed by atoms with E-state index in [1.54, 1.807) is 19.2 Å². The highest BCUT2D eigenvalue weighted by Gasteiger charge is 2.37. The molecule has 1 N–H and O–H groups in total. The van der Waals surface area contributed by atoms with Crippen molar-refractivity contribution in [2.45, 2.75) is 54.1 Å². The van der Waals surface area contributed by atoms with Gasteiger partial charge < -0.3 is 14.7 Å². The summed E-state index contributed by atoms with van der Waals surface area (Å²) < 4.78 is 47.0. The first-order chi connectivity index (χ1) is 14.1. The van der Waals surface area contributed by atoms with Crippen molar-refractivity contribution in [1.29, 1.82) is 0 Å². The van der Waals surface area contributed by atoms with Gasteiger partial charge in [0.25, 0.3) is 0 Å². The van der Waals surface area contributed by atoms with Crippen molar-refractivity contribution in [3.8, 4) is 0 Å². The summed E-state index contributed by atoms with van der Waals surface area (Å²) in [7, 11) is -2.59. The van der Waals surface area contributed by atoms with Gasteiger partial charge in [-0.05, 0) is 48.7 Å². The van der Waals surface area contributed by atoms with Crippen molar-refractivity contribution in [3.63, 3.8) is 0 Å². The fourth-order valence-electron chi connectivity index (χ4n) is 4.34. The van der Waals surface area contributed by atoms with Gasteiger partial charge in [0, 0.05) is 26.3 Å². The lowest BCUT2D eigenvalue weighted by molar-refractivity contribution is -0.118. The highest BCUT2D eigenvalue weighted by atomic mass is 32.2. The predicted octanol–water partition coefficient (Wildman–Crippen LogP) is 2.95. The van der Waals surface area contributed by atoms with Crippen LogP contribution in [0.15, 0.2) is 46.2 Å². The Balaban J connectivity index is 1.84. The standard InChI is InChI=1S/C22H24FNO5S/c1-14-13-22(26,8-9-29-14)16-10-17(23)12-18(11-16)30(27,28)19-5-3-4-15-6-7-20(25)24(2)21(15)19/h3-5,10-12,14,26H,6-9,13H2,1-2H3/t14-,22+/m0/s1. The molecule has 2 aliphatic rings. The zero-order valence-electron chi connectivity index (χ0n) is 16.9. The van der Waals surface area contributed by atoms with E-state index >= 15 is 0 Å². The van der Waals surface area contributed by atoms with Crippen molar-refractivity contribution >= 4 is 21.4 Å². The number of benzene rings is 2. The number of para-hydroxylation sites is 1. The highest BCUT2D eigenvalue weighted by molar-refractivity contribution is 7.91. The molecule has 0 aromatic heterocycles. The Kier molecular flexibility index (Phi) is 5.20. The van der Waals surface area contributed by atoms with Gasteiger partial charge in [0.1, 0.15) is 5.82 Å². The summed E-state index contributed by atoms with van der Waals surface area (Å²) in [6, 6.07) is 8.31. The number of hydrogen-bond acceptors (Lipinski definition) is 5. The molecule has 8 heteroatoms. The summed E-state index contributed by atoms with van der Waals surface area (Å²) in [6.07, 6.45) is 1.03. The number of halogens is 1. The van der Waals surface area contributed by atoms with Gasteiger partial charge in [-0.25, -0.2) is 12.8 Å². The van der Waals surface area contributed by atoms with E-state index in [2.05, 4.69) is 0 Å². The molecule has 0 bridgehead atoms. The molecule has 2 aromatic carbocycles. The van der Waals surface area contributed by atoms with Crippen LogP contribution in [0.2, 0.25) is 0 Å². The van der Waals surface area contributed by atoms with E-state index in [4.69, 9.17) is 4.74 Å². The van der Waals surface area contributed by atoms with Crippen LogP contribution in [-0.4, -0.2) is 39.2 Å². The number of rotatable bonds is 3. The normalized spacial score (nSPS) is 24.6. The third-order valence-electron chi connectivity index (χ3n) is 5.95. The minimum absolute atomic E-state index is 0.0422. The van der Waals surface area contributed by atoms with Gasteiger partial charge in [-0.15, -0.1) is 0 Å². The summed E-state index contributed by atoms with van der Waals surface area (Å²) in [4.78, 5) is 13.2. The maximum Gasteiger partial charge on any atom is 0.227 e. The van der Waals surface area contributed by atoms with E-state index in [9.17, 15) is 22.7 Å². The van der Waals surface area contributed by atoms with Crippen LogP contribution in [0, 0.1) is 5.82 Å². The van der Waals surface area contributed by atoms with Crippen LogP contribution in [0.3, 0.4) is 0 Å². The zero-order chi connectivity index (χ0) is 21.7. The lowest BCUT2D eigenvalue weighted by Crippen LogP contribution is -2.37. The molecule has 2 aromatic rings. The summed E-state index contributed by atoms with van der Waals surface area (Å²) in [5, 5.41) is 11.1. The second-order valence-corrected chi connectivity index (χ2v) is 9.98. The van der Waals surface area contributed by atoms with Gasteiger partial charge in [0.15, 0.2) is 0 Å². The predicted molar refractivity (Wildman–Crippen MR) is 109 cm³/mol. The number of hydrogen-bond donors (Lipinski definition) is 1. The monoisotopic (exact) mass is 433 g/mol. The number of fused-ring (bicyclic) bond motifs is 1. The van der Waals surface area contributed by atoms with Crippen LogP contribution in [0.1, 0.15) is 37.3 Å². The van der Waals surface area contributed by atoms with Crippen LogP contribution < -0.4 is 4.90 Å².